The SMILES string of the molecule is CCCCNC(=O)NC(=O)COCC(=O)O. The van der Waals surface area contributed by atoms with Crippen LogP contribution >= 0.6 is 0 Å². The minimum atomic E-state index is -1.17. The van der Waals surface area contributed by atoms with Gasteiger partial charge in [-0.2, -0.15) is 0 Å². The van der Waals surface area contributed by atoms with Crippen molar-refractivity contribution in [3.63, 3.8) is 0 Å². The molecule has 0 atom stereocenters. The van der Waals surface area contributed by atoms with Crippen molar-refractivity contribution in [3.05, 3.63) is 0 Å². The van der Waals surface area contributed by atoms with Crippen molar-refractivity contribution in [3.8, 4) is 0 Å². The largest absolute Gasteiger partial charge is 0.480 e. The fraction of sp³-hybridized carbons (Fsp3) is 0.667. The number of ether oxygens (including phenoxy) is 1. The van der Waals surface area contributed by atoms with E-state index in [0.717, 1.165) is 12.8 Å². The molecule has 0 rings (SSSR count). The third-order valence-electron chi connectivity index (χ3n) is 1.53. The highest BCUT2D eigenvalue weighted by Gasteiger charge is 2.07. The van der Waals surface area contributed by atoms with E-state index in [9.17, 15) is 14.4 Å². The van der Waals surface area contributed by atoms with Gasteiger partial charge in [0, 0.05) is 6.54 Å². The van der Waals surface area contributed by atoms with Crippen molar-refractivity contribution < 1.29 is 24.2 Å². The van der Waals surface area contributed by atoms with Crippen LogP contribution in [0.15, 0.2) is 0 Å². The van der Waals surface area contributed by atoms with Crippen LogP contribution < -0.4 is 10.6 Å². The van der Waals surface area contributed by atoms with Gasteiger partial charge in [0.1, 0.15) is 13.2 Å². The van der Waals surface area contributed by atoms with E-state index in [0.29, 0.717) is 6.54 Å². The van der Waals surface area contributed by atoms with Crippen molar-refractivity contribution in [2.75, 3.05) is 19.8 Å². The number of rotatable bonds is 7. The third-order valence-corrected chi connectivity index (χ3v) is 1.53. The Labute approximate surface area is 93.2 Å². The zero-order valence-electron chi connectivity index (χ0n) is 9.12. The van der Waals surface area contributed by atoms with E-state index in [2.05, 4.69) is 10.1 Å². The maximum atomic E-state index is 11.0. The molecule has 0 saturated carbocycles. The lowest BCUT2D eigenvalue weighted by atomic mass is 10.3. The van der Waals surface area contributed by atoms with Crippen LogP contribution in [0.25, 0.3) is 0 Å². The number of unbranched alkanes of at least 4 members (excludes halogenated alkanes) is 1. The Balaban J connectivity index is 3.54. The summed E-state index contributed by atoms with van der Waals surface area (Å²) in [4.78, 5) is 32.0. The predicted octanol–water partition coefficient (Wildman–Crippen LogP) is -0.286. The van der Waals surface area contributed by atoms with Crippen molar-refractivity contribution in [1.29, 1.82) is 0 Å². The van der Waals surface area contributed by atoms with E-state index in [1.807, 2.05) is 12.2 Å². The number of hydrogen-bond acceptors (Lipinski definition) is 4. The molecule has 92 valence electrons. The number of urea groups is 1. The normalized spacial score (nSPS) is 9.56. The molecule has 7 heteroatoms. The zero-order chi connectivity index (χ0) is 12.4. The number of hydrogen-bond donors (Lipinski definition) is 3. The molecule has 0 radical (unpaired) electrons. The molecule has 0 spiro atoms. The number of imide groups is 1. The summed E-state index contributed by atoms with van der Waals surface area (Å²) in [6.45, 7) is 1.45. The number of nitrogens with one attached hydrogen (secondary N) is 2. The summed E-state index contributed by atoms with van der Waals surface area (Å²) in [5, 5.41) is 12.7. The molecular weight excluding hydrogens is 216 g/mol. The van der Waals surface area contributed by atoms with Gasteiger partial charge in [0.2, 0.25) is 0 Å². The van der Waals surface area contributed by atoms with Gasteiger partial charge in [0.25, 0.3) is 5.91 Å². The summed E-state index contributed by atoms with van der Waals surface area (Å²) >= 11 is 0. The predicted molar refractivity (Wildman–Crippen MR) is 54.9 cm³/mol. The average molecular weight is 232 g/mol. The van der Waals surface area contributed by atoms with Crippen LogP contribution in [0.3, 0.4) is 0 Å². The van der Waals surface area contributed by atoms with Gasteiger partial charge < -0.3 is 15.2 Å². The maximum Gasteiger partial charge on any atom is 0.329 e. The number of carbonyl (C=O) groups is 3. The minimum absolute atomic E-state index is 0.451. The Morgan fingerprint density at radius 2 is 1.94 bits per heavy atom. The third kappa shape index (κ3) is 8.95. The molecular formula is C9H16N2O5. The molecule has 0 aliphatic carbocycles. The van der Waals surface area contributed by atoms with Crippen LogP contribution in [-0.4, -0.2) is 42.8 Å². The second kappa shape index (κ2) is 8.66. The van der Waals surface area contributed by atoms with Crippen LogP contribution in [0, 0.1) is 0 Å². The quantitative estimate of drug-likeness (QED) is 0.523. The Bertz CT molecular complexity index is 254. The second-order valence-electron chi connectivity index (χ2n) is 3.04. The van der Waals surface area contributed by atoms with E-state index in [1.54, 1.807) is 0 Å². The van der Waals surface area contributed by atoms with Crippen LogP contribution in [0.4, 0.5) is 4.79 Å². The molecule has 0 fully saturated rings. The lowest BCUT2D eigenvalue weighted by Gasteiger charge is -2.05. The van der Waals surface area contributed by atoms with Gasteiger partial charge in [-0.3, -0.25) is 10.1 Å². The molecule has 0 aliphatic heterocycles. The summed E-state index contributed by atoms with van der Waals surface area (Å²) in [5.41, 5.74) is 0. The van der Waals surface area contributed by atoms with Gasteiger partial charge in [0.15, 0.2) is 0 Å². The van der Waals surface area contributed by atoms with Crippen molar-refractivity contribution in [1.82, 2.24) is 10.6 Å². The summed E-state index contributed by atoms with van der Waals surface area (Å²) in [5.74, 6) is -1.84. The Kier molecular flexibility index (Phi) is 7.78. The molecule has 0 bridgehead atoms. The van der Waals surface area contributed by atoms with Crippen molar-refractivity contribution in [2.45, 2.75) is 19.8 Å². The van der Waals surface area contributed by atoms with Gasteiger partial charge in [-0.1, -0.05) is 13.3 Å². The molecule has 16 heavy (non-hydrogen) atoms. The number of carboxylic acids is 1. The van der Waals surface area contributed by atoms with Gasteiger partial charge in [-0.15, -0.1) is 0 Å². The van der Waals surface area contributed by atoms with E-state index >= 15 is 0 Å². The fourth-order valence-electron chi connectivity index (χ4n) is 0.817. The van der Waals surface area contributed by atoms with Gasteiger partial charge in [-0.05, 0) is 6.42 Å². The number of amides is 3. The topological polar surface area (TPSA) is 105 Å². The summed E-state index contributed by atoms with van der Waals surface area (Å²) in [7, 11) is 0. The van der Waals surface area contributed by atoms with Crippen LogP contribution in [-0.2, 0) is 14.3 Å². The molecule has 0 saturated heterocycles. The Morgan fingerprint density at radius 1 is 1.25 bits per heavy atom. The Hall–Kier alpha value is -1.63. The van der Waals surface area contributed by atoms with E-state index in [-0.39, 0.29) is 0 Å². The summed E-state index contributed by atoms with van der Waals surface area (Å²) in [6.07, 6.45) is 1.77. The first kappa shape index (κ1) is 14.4. The maximum absolute atomic E-state index is 11.0. The van der Waals surface area contributed by atoms with Crippen LogP contribution in [0.1, 0.15) is 19.8 Å². The monoisotopic (exact) mass is 232 g/mol. The zero-order valence-corrected chi connectivity index (χ0v) is 9.12. The molecule has 3 N–H and O–H groups in total. The molecule has 0 unspecified atom stereocenters. The smallest absolute Gasteiger partial charge is 0.329 e. The number of aliphatic carboxylic acids is 1. The summed E-state index contributed by atoms with van der Waals surface area (Å²) < 4.78 is 4.49. The first-order valence-corrected chi connectivity index (χ1v) is 4.93. The summed E-state index contributed by atoms with van der Waals surface area (Å²) in [6, 6.07) is -0.600. The number of carbonyl (C=O) groups excluding carboxylic acids is 2. The van der Waals surface area contributed by atoms with E-state index < -0.39 is 31.1 Å². The van der Waals surface area contributed by atoms with Crippen LogP contribution in [0.5, 0.6) is 0 Å². The van der Waals surface area contributed by atoms with Gasteiger partial charge in [0.05, 0.1) is 0 Å². The molecule has 0 heterocycles. The molecule has 0 aromatic heterocycles. The lowest BCUT2D eigenvalue weighted by Crippen LogP contribution is -2.41. The average Bonchev–Trinajstić information content (AvgIpc) is 2.17. The van der Waals surface area contributed by atoms with Crippen molar-refractivity contribution >= 4 is 17.9 Å². The van der Waals surface area contributed by atoms with Crippen molar-refractivity contribution in [2.24, 2.45) is 0 Å². The standard InChI is InChI=1S/C9H16N2O5/c1-2-3-4-10-9(15)11-7(12)5-16-6-8(13)14/h2-6H2,1H3,(H,13,14)(H2,10,11,12,15). The first-order chi connectivity index (χ1) is 7.56. The first-order valence-electron chi connectivity index (χ1n) is 4.93. The van der Waals surface area contributed by atoms with Gasteiger partial charge in [-0.25, -0.2) is 9.59 Å². The van der Waals surface area contributed by atoms with E-state index in [1.165, 1.54) is 0 Å². The molecule has 0 aromatic carbocycles. The minimum Gasteiger partial charge on any atom is -0.480 e. The Morgan fingerprint density at radius 3 is 2.50 bits per heavy atom. The highest BCUT2D eigenvalue weighted by atomic mass is 16.5. The van der Waals surface area contributed by atoms with Crippen LogP contribution in [0.2, 0.25) is 0 Å². The van der Waals surface area contributed by atoms with Gasteiger partial charge >= 0.3 is 12.0 Å². The highest BCUT2D eigenvalue weighted by Crippen LogP contribution is 1.82. The molecule has 0 aliphatic rings. The number of carboxylic acid groups (broad SMARTS) is 1. The molecule has 0 aromatic rings. The second-order valence-corrected chi connectivity index (χ2v) is 3.04. The highest BCUT2D eigenvalue weighted by molar-refractivity contribution is 5.94. The fourth-order valence-corrected chi connectivity index (χ4v) is 0.817. The van der Waals surface area contributed by atoms with E-state index in [4.69, 9.17) is 5.11 Å². The molecule has 3 amide bonds. The lowest BCUT2D eigenvalue weighted by molar-refractivity contribution is -0.143. The molecule has 7 nitrogen and oxygen atoms in total.